The Labute approximate surface area is 181 Å². The van der Waals surface area contributed by atoms with Gasteiger partial charge in [0.2, 0.25) is 11.8 Å². The molecule has 0 spiro atoms. The molecule has 1 unspecified atom stereocenters. The van der Waals surface area contributed by atoms with Crippen LogP contribution >= 0.6 is 0 Å². The van der Waals surface area contributed by atoms with Gasteiger partial charge in [-0.3, -0.25) is 9.59 Å². The lowest BCUT2D eigenvalue weighted by molar-refractivity contribution is -0.128. The van der Waals surface area contributed by atoms with Gasteiger partial charge in [0.1, 0.15) is 12.6 Å². The first kappa shape index (κ1) is 25.7. The second kappa shape index (κ2) is 13.1. The van der Waals surface area contributed by atoms with Gasteiger partial charge in [-0.25, -0.2) is 9.59 Å². The number of carbonyl (C=O) groups is 4. The maximum Gasteiger partial charge on any atom is 0.506 e. The van der Waals surface area contributed by atoms with Gasteiger partial charge in [0, 0.05) is 12.2 Å². The number of carbonyl (C=O) groups excluding carboxylic acids is 3. The molecule has 7 N–H and O–H groups in total. The summed E-state index contributed by atoms with van der Waals surface area (Å²) in [7, 11) is 1.67. The van der Waals surface area contributed by atoms with Crippen LogP contribution in [0, 0.1) is 5.92 Å². The minimum absolute atomic E-state index is 0.0193. The number of carboxylic acid groups (broad SMARTS) is 1. The zero-order valence-electron chi connectivity index (χ0n) is 17.9. The smallest absolute Gasteiger partial charge is 0.450 e. The minimum atomic E-state index is -1.37. The lowest BCUT2D eigenvalue weighted by atomic mass is 10.0. The van der Waals surface area contributed by atoms with Crippen LogP contribution in [-0.4, -0.2) is 54.8 Å². The van der Waals surface area contributed by atoms with Crippen molar-refractivity contribution in [3.05, 3.63) is 29.8 Å². The molecule has 1 rings (SSSR count). The summed E-state index contributed by atoms with van der Waals surface area (Å²) in [5, 5.41) is 19.4. The molecule has 31 heavy (non-hydrogen) atoms. The van der Waals surface area contributed by atoms with Crippen LogP contribution in [0.2, 0.25) is 0 Å². The zero-order chi connectivity index (χ0) is 23.4. The first-order valence-corrected chi connectivity index (χ1v) is 9.90. The van der Waals surface area contributed by atoms with Gasteiger partial charge >= 0.3 is 12.2 Å². The van der Waals surface area contributed by atoms with Crippen molar-refractivity contribution in [1.29, 1.82) is 0 Å². The van der Waals surface area contributed by atoms with E-state index in [2.05, 4.69) is 26.0 Å². The average Bonchev–Trinajstić information content (AvgIpc) is 2.69. The van der Waals surface area contributed by atoms with E-state index in [1.165, 1.54) is 0 Å². The standard InChI is InChI=1S/C20H31N5O6/c1-12(2)16(22-3)18(27)25-15(5-4-10-23-19(21)28)17(26)24-14-8-6-13(7-9-14)11-31-20(29)30/h6-9,12,15-16,22H,4-5,10-11H2,1-3H3,(H,24,26)(H,25,27)(H,29,30)(H3,21,23,28)/t15-,16?/m0/s1. The fraction of sp³-hybridized carbons (Fsp3) is 0.500. The van der Waals surface area contributed by atoms with Crippen molar-refractivity contribution in [3.63, 3.8) is 0 Å². The van der Waals surface area contributed by atoms with E-state index in [0.29, 0.717) is 17.7 Å². The topological polar surface area (TPSA) is 172 Å². The highest BCUT2D eigenvalue weighted by Crippen LogP contribution is 2.12. The van der Waals surface area contributed by atoms with Crippen LogP contribution in [0.15, 0.2) is 24.3 Å². The number of likely N-dealkylation sites (N-methyl/N-ethyl adjacent to an activating group) is 1. The van der Waals surface area contributed by atoms with Crippen LogP contribution in [-0.2, 0) is 20.9 Å². The van der Waals surface area contributed by atoms with Crippen molar-refractivity contribution in [3.8, 4) is 0 Å². The third-order valence-corrected chi connectivity index (χ3v) is 4.45. The molecule has 11 nitrogen and oxygen atoms in total. The van der Waals surface area contributed by atoms with Crippen LogP contribution < -0.4 is 27.0 Å². The van der Waals surface area contributed by atoms with E-state index >= 15 is 0 Å². The Morgan fingerprint density at radius 1 is 1.10 bits per heavy atom. The third kappa shape index (κ3) is 9.81. The highest BCUT2D eigenvalue weighted by Gasteiger charge is 2.26. The number of rotatable bonds is 12. The molecule has 0 radical (unpaired) electrons. The summed E-state index contributed by atoms with van der Waals surface area (Å²) in [5.74, 6) is -0.701. The lowest BCUT2D eigenvalue weighted by Crippen LogP contribution is -2.52. The quantitative estimate of drug-likeness (QED) is 0.209. The van der Waals surface area contributed by atoms with Gasteiger partial charge in [-0.2, -0.15) is 0 Å². The molecule has 2 atom stereocenters. The largest absolute Gasteiger partial charge is 0.506 e. The summed E-state index contributed by atoms with van der Waals surface area (Å²) in [6, 6.07) is 4.51. The molecule has 1 aromatic carbocycles. The Morgan fingerprint density at radius 2 is 1.74 bits per heavy atom. The number of urea groups is 1. The maximum absolute atomic E-state index is 12.8. The number of nitrogens with one attached hydrogen (secondary N) is 4. The molecule has 0 saturated heterocycles. The number of primary amides is 1. The van der Waals surface area contributed by atoms with Crippen LogP contribution in [0.5, 0.6) is 0 Å². The van der Waals surface area contributed by atoms with Gasteiger partial charge in [-0.15, -0.1) is 0 Å². The molecule has 1 aromatic rings. The Hall–Kier alpha value is -3.34. The van der Waals surface area contributed by atoms with Crippen LogP contribution in [0.4, 0.5) is 15.3 Å². The van der Waals surface area contributed by atoms with Crippen molar-refractivity contribution < 1.29 is 29.0 Å². The van der Waals surface area contributed by atoms with E-state index in [4.69, 9.17) is 10.8 Å². The van der Waals surface area contributed by atoms with Gasteiger partial charge in [0.15, 0.2) is 0 Å². The summed E-state index contributed by atoms with van der Waals surface area (Å²) < 4.78 is 4.49. The molecule has 11 heteroatoms. The van der Waals surface area contributed by atoms with Gasteiger partial charge in [-0.1, -0.05) is 26.0 Å². The molecule has 4 amide bonds. The monoisotopic (exact) mass is 437 g/mol. The Kier molecular flexibility index (Phi) is 10.8. The second-order valence-corrected chi connectivity index (χ2v) is 7.25. The van der Waals surface area contributed by atoms with Crippen molar-refractivity contribution in [2.45, 2.75) is 45.4 Å². The van der Waals surface area contributed by atoms with E-state index in [1.54, 1.807) is 31.3 Å². The first-order chi connectivity index (χ1) is 14.6. The highest BCUT2D eigenvalue weighted by atomic mass is 16.7. The highest BCUT2D eigenvalue weighted by molar-refractivity contribution is 5.97. The molecule has 0 aliphatic carbocycles. The zero-order valence-corrected chi connectivity index (χ0v) is 17.9. The molecule has 0 aliphatic heterocycles. The first-order valence-electron chi connectivity index (χ1n) is 9.90. The van der Waals surface area contributed by atoms with E-state index < -0.39 is 30.2 Å². The molecule has 0 aliphatic rings. The van der Waals surface area contributed by atoms with Crippen molar-refractivity contribution in [1.82, 2.24) is 16.0 Å². The fourth-order valence-electron chi connectivity index (χ4n) is 2.87. The third-order valence-electron chi connectivity index (χ3n) is 4.45. The van der Waals surface area contributed by atoms with E-state index in [-0.39, 0.29) is 31.4 Å². The van der Waals surface area contributed by atoms with E-state index in [9.17, 15) is 19.2 Å². The molecular weight excluding hydrogens is 406 g/mol. The molecule has 0 heterocycles. The summed E-state index contributed by atoms with van der Waals surface area (Å²) in [6.45, 7) is 3.95. The lowest BCUT2D eigenvalue weighted by Gasteiger charge is -2.24. The molecule has 0 bridgehead atoms. The summed E-state index contributed by atoms with van der Waals surface area (Å²) >= 11 is 0. The SMILES string of the molecule is CNC(C(=O)N[C@@H](CCCNC(N)=O)C(=O)Nc1ccc(COC(=O)O)cc1)C(C)C. The molecular formula is C20H31N5O6. The minimum Gasteiger partial charge on any atom is -0.450 e. The number of hydrogen-bond donors (Lipinski definition) is 6. The number of benzene rings is 1. The molecule has 172 valence electrons. The Bertz CT molecular complexity index is 753. The Balaban J connectivity index is 2.80. The van der Waals surface area contributed by atoms with Crippen LogP contribution in [0.3, 0.4) is 0 Å². The predicted molar refractivity (Wildman–Crippen MR) is 114 cm³/mol. The fourth-order valence-corrected chi connectivity index (χ4v) is 2.87. The van der Waals surface area contributed by atoms with Crippen molar-refractivity contribution in [2.75, 3.05) is 18.9 Å². The van der Waals surface area contributed by atoms with Crippen LogP contribution in [0.1, 0.15) is 32.3 Å². The van der Waals surface area contributed by atoms with Crippen molar-refractivity contribution >= 4 is 29.7 Å². The van der Waals surface area contributed by atoms with Gasteiger partial charge in [0.25, 0.3) is 0 Å². The summed E-state index contributed by atoms with van der Waals surface area (Å²) in [4.78, 5) is 46.7. The van der Waals surface area contributed by atoms with Crippen LogP contribution in [0.25, 0.3) is 0 Å². The van der Waals surface area contributed by atoms with Gasteiger partial charge in [0.05, 0.1) is 6.04 Å². The number of hydrogen-bond acceptors (Lipinski definition) is 6. The Morgan fingerprint density at radius 3 is 2.26 bits per heavy atom. The van der Waals surface area contributed by atoms with E-state index in [0.717, 1.165) is 0 Å². The normalized spacial score (nSPS) is 12.5. The summed E-state index contributed by atoms with van der Waals surface area (Å²) in [5.41, 5.74) is 6.15. The van der Waals surface area contributed by atoms with E-state index in [1.807, 2.05) is 13.8 Å². The number of anilines is 1. The molecule has 0 fully saturated rings. The predicted octanol–water partition coefficient (Wildman–Crippen LogP) is 0.997. The van der Waals surface area contributed by atoms with Crippen molar-refractivity contribution in [2.24, 2.45) is 11.7 Å². The number of ether oxygens (including phenoxy) is 1. The maximum atomic E-state index is 12.8. The van der Waals surface area contributed by atoms with Gasteiger partial charge in [-0.05, 0) is 43.5 Å². The number of nitrogens with two attached hydrogens (primary N) is 1. The average molecular weight is 437 g/mol. The molecule has 0 saturated carbocycles. The summed E-state index contributed by atoms with van der Waals surface area (Å²) in [6.07, 6.45) is -0.654. The number of amides is 4. The van der Waals surface area contributed by atoms with Gasteiger partial charge < -0.3 is 36.8 Å². The second-order valence-electron chi connectivity index (χ2n) is 7.25. The molecule has 0 aromatic heterocycles.